The fraction of sp³-hybridized carbons (Fsp3) is 0.261. The van der Waals surface area contributed by atoms with E-state index in [2.05, 4.69) is 39.6 Å². The molecule has 0 aliphatic carbocycles. The number of aromatic amines is 1. The van der Waals surface area contributed by atoms with Crippen LogP contribution in [0.3, 0.4) is 0 Å². The zero-order valence-corrected chi connectivity index (χ0v) is 18.4. The fourth-order valence-electron chi connectivity index (χ4n) is 3.12. The lowest BCUT2D eigenvalue weighted by molar-refractivity contribution is 0.0948. The summed E-state index contributed by atoms with van der Waals surface area (Å²) in [5.41, 5.74) is 2.77. The van der Waals surface area contributed by atoms with E-state index in [1.165, 1.54) is 0 Å². The molecule has 31 heavy (non-hydrogen) atoms. The number of nitrogens with one attached hydrogen (secondary N) is 3. The molecule has 3 aromatic rings. The van der Waals surface area contributed by atoms with Crippen LogP contribution in [0.25, 0.3) is 11.3 Å². The molecule has 0 atom stereocenters. The number of aromatic nitrogens is 2. The Balaban J connectivity index is 1.57. The lowest BCUT2D eigenvalue weighted by Gasteiger charge is -2.17. The van der Waals surface area contributed by atoms with Crippen molar-refractivity contribution >= 4 is 29.1 Å². The summed E-state index contributed by atoms with van der Waals surface area (Å²) in [5, 5.41) is 13.2. The van der Waals surface area contributed by atoms with Gasteiger partial charge in [0.2, 0.25) is 0 Å². The van der Waals surface area contributed by atoms with Gasteiger partial charge in [-0.05, 0) is 49.5 Å². The zero-order chi connectivity index (χ0) is 22.2. The van der Waals surface area contributed by atoms with Gasteiger partial charge < -0.3 is 15.5 Å². The van der Waals surface area contributed by atoms with Crippen LogP contribution < -0.4 is 10.6 Å². The molecule has 8 heteroatoms. The van der Waals surface area contributed by atoms with Gasteiger partial charge in [-0.3, -0.25) is 14.7 Å². The summed E-state index contributed by atoms with van der Waals surface area (Å²) in [5.74, 6) is -0.467. The zero-order valence-electron chi connectivity index (χ0n) is 17.6. The number of benzene rings is 2. The van der Waals surface area contributed by atoms with Crippen molar-refractivity contribution < 1.29 is 9.59 Å². The second kappa shape index (κ2) is 10.7. The third kappa shape index (κ3) is 5.93. The van der Waals surface area contributed by atoms with Crippen molar-refractivity contribution in [2.75, 3.05) is 31.5 Å². The molecule has 3 N–H and O–H groups in total. The van der Waals surface area contributed by atoms with Crippen LogP contribution in [0.15, 0.2) is 54.6 Å². The molecule has 0 aliphatic heterocycles. The summed E-state index contributed by atoms with van der Waals surface area (Å²) in [6, 6.07) is 15.7. The van der Waals surface area contributed by atoms with Crippen LogP contribution in [0.1, 0.15) is 34.7 Å². The largest absolute Gasteiger partial charge is 0.351 e. The minimum atomic E-state index is -0.331. The van der Waals surface area contributed by atoms with E-state index in [4.69, 9.17) is 11.6 Å². The van der Waals surface area contributed by atoms with E-state index in [-0.39, 0.29) is 11.8 Å². The maximum Gasteiger partial charge on any atom is 0.273 e. The van der Waals surface area contributed by atoms with E-state index in [1.807, 2.05) is 18.2 Å². The maximum absolute atomic E-state index is 12.5. The Morgan fingerprint density at radius 2 is 1.74 bits per heavy atom. The number of hydrogen-bond acceptors (Lipinski definition) is 4. The number of rotatable bonds is 9. The van der Waals surface area contributed by atoms with Gasteiger partial charge in [0.05, 0.1) is 10.7 Å². The third-order valence-corrected chi connectivity index (χ3v) is 5.31. The van der Waals surface area contributed by atoms with Crippen LogP contribution in [0, 0.1) is 0 Å². The smallest absolute Gasteiger partial charge is 0.273 e. The van der Waals surface area contributed by atoms with Crippen LogP contribution >= 0.6 is 11.6 Å². The molecule has 0 saturated carbocycles. The molecule has 1 heterocycles. The van der Waals surface area contributed by atoms with Gasteiger partial charge in [0, 0.05) is 29.9 Å². The monoisotopic (exact) mass is 439 g/mol. The first-order valence-corrected chi connectivity index (χ1v) is 10.6. The molecule has 0 bridgehead atoms. The maximum atomic E-state index is 12.5. The topological polar surface area (TPSA) is 90.1 Å². The molecule has 0 fully saturated rings. The highest BCUT2D eigenvalue weighted by Gasteiger charge is 2.13. The van der Waals surface area contributed by atoms with Crippen LogP contribution in [0.2, 0.25) is 5.02 Å². The van der Waals surface area contributed by atoms with Gasteiger partial charge >= 0.3 is 0 Å². The fourth-order valence-corrected chi connectivity index (χ4v) is 3.35. The van der Waals surface area contributed by atoms with Crippen LogP contribution in [0.5, 0.6) is 0 Å². The van der Waals surface area contributed by atoms with E-state index in [9.17, 15) is 9.59 Å². The average Bonchev–Trinajstić information content (AvgIpc) is 3.27. The summed E-state index contributed by atoms with van der Waals surface area (Å²) in [6.45, 7) is 7.51. The molecule has 2 aromatic carbocycles. The lowest BCUT2D eigenvalue weighted by atomic mass is 10.1. The van der Waals surface area contributed by atoms with Gasteiger partial charge in [0.1, 0.15) is 5.69 Å². The summed E-state index contributed by atoms with van der Waals surface area (Å²) in [4.78, 5) is 27.0. The van der Waals surface area contributed by atoms with Crippen molar-refractivity contribution in [2.45, 2.75) is 13.8 Å². The molecule has 1 aromatic heterocycles. The summed E-state index contributed by atoms with van der Waals surface area (Å²) in [6.07, 6.45) is 0. The minimum Gasteiger partial charge on any atom is -0.351 e. The number of likely N-dealkylation sites (N-methyl/N-ethyl adjacent to an activating group) is 1. The predicted molar refractivity (Wildman–Crippen MR) is 124 cm³/mol. The average molecular weight is 440 g/mol. The molecule has 0 saturated heterocycles. The van der Waals surface area contributed by atoms with E-state index < -0.39 is 0 Å². The minimum absolute atomic E-state index is 0.136. The number of amides is 2. The number of carbonyl (C=O) groups is 2. The van der Waals surface area contributed by atoms with Gasteiger partial charge in [-0.1, -0.05) is 43.6 Å². The van der Waals surface area contributed by atoms with Gasteiger partial charge in [-0.25, -0.2) is 0 Å². The van der Waals surface area contributed by atoms with E-state index >= 15 is 0 Å². The second-order valence-electron chi connectivity index (χ2n) is 6.96. The standard InChI is InChI=1S/C23H26ClN5O2/c1-3-29(4-2)14-13-25-22(30)16-9-11-17(12-10-16)26-23(31)21-15-20(27-28-21)18-7-5-6-8-19(18)24/h5-12,15H,3-4,13-14H2,1-2H3,(H,25,30)(H,26,31)(H,27,28). The Kier molecular flexibility index (Phi) is 7.81. The third-order valence-electron chi connectivity index (χ3n) is 4.99. The van der Waals surface area contributed by atoms with Crippen molar-refractivity contribution in [3.8, 4) is 11.3 Å². The number of halogens is 1. The lowest BCUT2D eigenvalue weighted by Crippen LogP contribution is -2.34. The molecular formula is C23H26ClN5O2. The number of H-pyrrole nitrogens is 1. The van der Waals surface area contributed by atoms with E-state index in [0.717, 1.165) is 25.2 Å². The van der Waals surface area contributed by atoms with E-state index in [0.29, 0.717) is 34.2 Å². The highest BCUT2D eigenvalue weighted by Crippen LogP contribution is 2.26. The number of nitrogens with zero attached hydrogens (tertiary/aromatic N) is 2. The number of anilines is 1. The van der Waals surface area contributed by atoms with Gasteiger partial charge in [-0.15, -0.1) is 0 Å². The Bertz CT molecular complexity index is 1030. The van der Waals surface area contributed by atoms with Gasteiger partial charge in [0.25, 0.3) is 11.8 Å². The molecule has 3 rings (SSSR count). The molecule has 0 radical (unpaired) electrons. The predicted octanol–water partition coefficient (Wildman–Crippen LogP) is 4.05. The molecule has 0 spiro atoms. The Morgan fingerprint density at radius 1 is 1.03 bits per heavy atom. The number of carbonyl (C=O) groups excluding carboxylic acids is 2. The molecule has 162 valence electrons. The quantitative estimate of drug-likeness (QED) is 0.469. The Morgan fingerprint density at radius 3 is 2.42 bits per heavy atom. The molecular weight excluding hydrogens is 414 g/mol. The first kappa shape index (κ1) is 22.5. The molecule has 2 amide bonds. The number of hydrogen-bond donors (Lipinski definition) is 3. The van der Waals surface area contributed by atoms with Crippen LogP contribution in [-0.2, 0) is 0 Å². The first-order valence-electron chi connectivity index (χ1n) is 10.2. The van der Waals surface area contributed by atoms with Crippen molar-refractivity contribution in [3.63, 3.8) is 0 Å². The highest BCUT2D eigenvalue weighted by atomic mass is 35.5. The second-order valence-corrected chi connectivity index (χ2v) is 7.37. The van der Waals surface area contributed by atoms with Gasteiger partial charge in [-0.2, -0.15) is 5.10 Å². The molecule has 7 nitrogen and oxygen atoms in total. The van der Waals surface area contributed by atoms with Gasteiger partial charge in [0.15, 0.2) is 0 Å². The van der Waals surface area contributed by atoms with Crippen LogP contribution in [0.4, 0.5) is 5.69 Å². The summed E-state index contributed by atoms with van der Waals surface area (Å²) < 4.78 is 0. The summed E-state index contributed by atoms with van der Waals surface area (Å²) in [7, 11) is 0. The Labute approximate surface area is 186 Å². The normalized spacial score (nSPS) is 10.8. The highest BCUT2D eigenvalue weighted by molar-refractivity contribution is 6.33. The summed E-state index contributed by atoms with van der Waals surface area (Å²) >= 11 is 6.19. The molecule has 0 unspecified atom stereocenters. The van der Waals surface area contributed by atoms with Crippen molar-refractivity contribution in [1.29, 1.82) is 0 Å². The van der Waals surface area contributed by atoms with Crippen LogP contribution in [-0.4, -0.2) is 53.1 Å². The SMILES string of the molecule is CCN(CC)CCNC(=O)c1ccc(NC(=O)c2cc(-c3ccccc3Cl)n[nH]2)cc1. The van der Waals surface area contributed by atoms with Crippen molar-refractivity contribution in [1.82, 2.24) is 20.4 Å². The Hall–Kier alpha value is -3.16. The van der Waals surface area contributed by atoms with Crippen molar-refractivity contribution in [3.05, 3.63) is 70.9 Å². The van der Waals surface area contributed by atoms with Crippen molar-refractivity contribution in [2.24, 2.45) is 0 Å². The molecule has 0 aliphatic rings. The van der Waals surface area contributed by atoms with E-state index in [1.54, 1.807) is 36.4 Å². The first-order chi connectivity index (χ1) is 15.0.